The molecule has 0 aromatic carbocycles. The molecule has 2 rings (SSSR count). The molecule has 2 aromatic rings. The van der Waals surface area contributed by atoms with E-state index in [0.29, 0.717) is 10.4 Å². The summed E-state index contributed by atoms with van der Waals surface area (Å²) in [6, 6.07) is 0. The number of rotatable bonds is 2. The number of hydrogen-bond acceptors (Lipinski definition) is 4. The average molecular weight is 193 g/mol. The number of furan rings is 1. The first kappa shape index (κ1) is 8.19. The number of nitrogens with zero attached hydrogens (tertiary/aromatic N) is 1. The molecule has 0 radical (unpaired) electrons. The first-order chi connectivity index (χ1) is 6.29. The Kier molecular flexibility index (Phi) is 1.98. The fourth-order valence-corrected chi connectivity index (χ4v) is 1.63. The Morgan fingerprint density at radius 1 is 1.54 bits per heavy atom. The van der Waals surface area contributed by atoms with Crippen LogP contribution in [0.2, 0.25) is 0 Å². The second kappa shape index (κ2) is 3.14. The smallest absolute Gasteiger partial charge is 0.208 e. The van der Waals surface area contributed by atoms with Crippen LogP contribution >= 0.6 is 11.3 Å². The minimum Gasteiger partial charge on any atom is -0.472 e. The van der Waals surface area contributed by atoms with Crippen molar-refractivity contribution in [1.29, 1.82) is 0 Å². The molecule has 4 heteroatoms. The predicted octanol–water partition coefficient (Wildman–Crippen LogP) is 2.28. The third kappa shape index (κ3) is 1.40. The summed E-state index contributed by atoms with van der Waals surface area (Å²) < 4.78 is 4.93. The van der Waals surface area contributed by atoms with Crippen molar-refractivity contribution in [2.24, 2.45) is 0 Å². The molecule has 0 spiro atoms. The molecule has 2 aromatic heterocycles. The van der Waals surface area contributed by atoms with Gasteiger partial charge in [0, 0.05) is 6.20 Å². The lowest BCUT2D eigenvalue weighted by Gasteiger charge is -1.92. The summed E-state index contributed by atoms with van der Waals surface area (Å²) in [5.74, 6) is -0.0197. The van der Waals surface area contributed by atoms with Gasteiger partial charge >= 0.3 is 0 Å². The number of aryl methyl sites for hydroxylation is 1. The minimum absolute atomic E-state index is 0.0197. The van der Waals surface area contributed by atoms with E-state index >= 15 is 0 Å². The number of aromatic nitrogens is 1. The molecule has 0 bridgehead atoms. The lowest BCUT2D eigenvalue weighted by Crippen LogP contribution is -1.98. The summed E-state index contributed by atoms with van der Waals surface area (Å²) in [4.78, 5) is 16.2. The van der Waals surface area contributed by atoms with Gasteiger partial charge in [0.15, 0.2) is 0 Å². The summed E-state index contributed by atoms with van der Waals surface area (Å²) in [7, 11) is 0. The lowest BCUT2D eigenvalue weighted by molar-refractivity contribution is 0.104. The second-order valence-corrected chi connectivity index (χ2v) is 3.55. The fraction of sp³-hybridized carbons (Fsp3) is 0.111. The van der Waals surface area contributed by atoms with E-state index in [-0.39, 0.29) is 5.78 Å². The summed E-state index contributed by atoms with van der Waals surface area (Å²) in [5, 5.41) is 0. The van der Waals surface area contributed by atoms with E-state index in [1.54, 1.807) is 18.0 Å². The third-order valence-electron chi connectivity index (χ3n) is 1.76. The van der Waals surface area contributed by atoms with Gasteiger partial charge in [0.05, 0.1) is 22.2 Å². The predicted molar refractivity (Wildman–Crippen MR) is 49.0 cm³/mol. The van der Waals surface area contributed by atoms with Gasteiger partial charge in [-0.1, -0.05) is 0 Å². The zero-order valence-corrected chi connectivity index (χ0v) is 7.80. The van der Waals surface area contributed by atoms with Crippen molar-refractivity contribution in [3.8, 4) is 0 Å². The third-order valence-corrected chi connectivity index (χ3v) is 2.53. The normalized spacial score (nSPS) is 10.2. The monoisotopic (exact) mass is 193 g/mol. The van der Waals surface area contributed by atoms with E-state index in [4.69, 9.17) is 4.42 Å². The number of carbonyl (C=O) groups excluding carboxylic acids is 1. The Labute approximate surface area is 79.0 Å². The van der Waals surface area contributed by atoms with Crippen molar-refractivity contribution < 1.29 is 9.21 Å². The Morgan fingerprint density at radius 3 is 2.92 bits per heavy atom. The van der Waals surface area contributed by atoms with Crippen LogP contribution in [-0.2, 0) is 0 Å². The zero-order chi connectivity index (χ0) is 9.26. The first-order valence-corrected chi connectivity index (χ1v) is 4.63. The van der Waals surface area contributed by atoms with Gasteiger partial charge in [-0.05, 0) is 12.5 Å². The summed E-state index contributed by atoms with van der Waals surface area (Å²) >= 11 is 1.34. The molecular weight excluding hydrogens is 186 g/mol. The standard InChI is InChI=1S/C9H7NO2S/c1-6-3-12-4-7(6)9(11)8-2-10-5-13-8/h2-5H,1H3. The van der Waals surface area contributed by atoms with Crippen LogP contribution in [0.25, 0.3) is 0 Å². The van der Waals surface area contributed by atoms with Gasteiger partial charge in [-0.25, -0.2) is 0 Å². The van der Waals surface area contributed by atoms with E-state index in [2.05, 4.69) is 4.98 Å². The largest absolute Gasteiger partial charge is 0.472 e. The maximum atomic E-state index is 11.7. The maximum Gasteiger partial charge on any atom is 0.208 e. The Hall–Kier alpha value is -1.42. The van der Waals surface area contributed by atoms with E-state index in [1.165, 1.54) is 17.6 Å². The summed E-state index contributed by atoms with van der Waals surface area (Å²) in [5.41, 5.74) is 3.12. The molecule has 0 saturated carbocycles. The molecule has 0 aliphatic carbocycles. The first-order valence-electron chi connectivity index (χ1n) is 3.75. The average Bonchev–Trinajstić information content (AvgIpc) is 2.72. The molecule has 0 N–H and O–H groups in total. The van der Waals surface area contributed by atoms with Crippen LogP contribution in [0.5, 0.6) is 0 Å². The quantitative estimate of drug-likeness (QED) is 0.687. The van der Waals surface area contributed by atoms with Crippen LogP contribution in [0.4, 0.5) is 0 Å². The van der Waals surface area contributed by atoms with E-state index < -0.39 is 0 Å². The Balaban J connectivity index is 2.39. The molecule has 2 heterocycles. The number of thiazole rings is 1. The van der Waals surface area contributed by atoms with Crippen LogP contribution in [0.3, 0.4) is 0 Å². The van der Waals surface area contributed by atoms with Crippen LogP contribution < -0.4 is 0 Å². The molecule has 0 atom stereocenters. The molecule has 0 amide bonds. The van der Waals surface area contributed by atoms with E-state index in [9.17, 15) is 4.79 Å². The second-order valence-electron chi connectivity index (χ2n) is 2.66. The summed E-state index contributed by atoms with van der Waals surface area (Å²) in [6.45, 7) is 1.85. The Bertz CT molecular complexity index is 417. The molecule has 0 unspecified atom stereocenters. The highest BCUT2D eigenvalue weighted by Crippen LogP contribution is 2.16. The number of carbonyl (C=O) groups is 1. The van der Waals surface area contributed by atoms with Gasteiger partial charge in [0.25, 0.3) is 0 Å². The molecule has 0 aliphatic rings. The topological polar surface area (TPSA) is 43.1 Å². The van der Waals surface area contributed by atoms with Gasteiger partial charge < -0.3 is 4.42 Å². The number of ketones is 1. The van der Waals surface area contributed by atoms with Crippen molar-refractivity contribution in [3.05, 3.63) is 40.2 Å². The van der Waals surface area contributed by atoms with Gasteiger partial charge in [-0.15, -0.1) is 11.3 Å². The highest BCUT2D eigenvalue weighted by atomic mass is 32.1. The van der Waals surface area contributed by atoms with Crippen LogP contribution in [0.15, 0.2) is 28.7 Å². The van der Waals surface area contributed by atoms with Crippen LogP contribution in [0, 0.1) is 6.92 Å². The molecule has 0 saturated heterocycles. The maximum absolute atomic E-state index is 11.7. The molecule has 66 valence electrons. The van der Waals surface area contributed by atoms with E-state index in [1.807, 2.05) is 6.92 Å². The van der Waals surface area contributed by atoms with E-state index in [0.717, 1.165) is 5.56 Å². The minimum atomic E-state index is -0.0197. The van der Waals surface area contributed by atoms with Crippen molar-refractivity contribution in [2.45, 2.75) is 6.92 Å². The van der Waals surface area contributed by atoms with Gasteiger partial charge in [0.2, 0.25) is 5.78 Å². The van der Waals surface area contributed by atoms with Crippen molar-refractivity contribution >= 4 is 17.1 Å². The SMILES string of the molecule is Cc1cocc1C(=O)c1cncs1. The van der Waals surface area contributed by atoms with Gasteiger partial charge in [0.1, 0.15) is 6.26 Å². The van der Waals surface area contributed by atoms with Crippen LogP contribution in [-0.4, -0.2) is 10.8 Å². The summed E-state index contributed by atoms with van der Waals surface area (Å²) in [6.07, 6.45) is 4.60. The number of hydrogen-bond donors (Lipinski definition) is 0. The highest BCUT2D eigenvalue weighted by molar-refractivity contribution is 7.11. The van der Waals surface area contributed by atoms with Crippen molar-refractivity contribution in [3.63, 3.8) is 0 Å². The molecule has 0 aliphatic heterocycles. The molecule has 0 fully saturated rings. The Morgan fingerprint density at radius 2 is 2.38 bits per heavy atom. The fourth-order valence-electron chi connectivity index (χ4n) is 1.05. The van der Waals surface area contributed by atoms with Gasteiger partial charge in [-0.3, -0.25) is 9.78 Å². The molecule has 13 heavy (non-hydrogen) atoms. The van der Waals surface area contributed by atoms with Crippen molar-refractivity contribution in [2.75, 3.05) is 0 Å². The van der Waals surface area contributed by atoms with Crippen LogP contribution in [0.1, 0.15) is 20.8 Å². The van der Waals surface area contributed by atoms with Gasteiger partial charge in [-0.2, -0.15) is 0 Å². The molecular formula is C9H7NO2S. The zero-order valence-electron chi connectivity index (χ0n) is 6.98. The molecule has 3 nitrogen and oxygen atoms in total. The highest BCUT2D eigenvalue weighted by Gasteiger charge is 2.14. The lowest BCUT2D eigenvalue weighted by atomic mass is 10.1. The van der Waals surface area contributed by atoms with Crippen molar-refractivity contribution in [1.82, 2.24) is 4.98 Å².